The summed E-state index contributed by atoms with van der Waals surface area (Å²) in [5.41, 5.74) is 2.29. The van der Waals surface area contributed by atoms with Gasteiger partial charge in [-0.1, -0.05) is 98.0 Å². The minimum atomic E-state index is 0.403. The lowest BCUT2D eigenvalue weighted by molar-refractivity contribution is 0.341. The first-order valence-electron chi connectivity index (χ1n) is 8.29. The number of ether oxygens (including phenoxy) is 1. The van der Waals surface area contributed by atoms with Crippen LogP contribution in [0.1, 0.15) is 25.0 Å². The maximum atomic E-state index is 9.11. The number of phenolic OH excluding ortho intramolecular Hbond substituents is 1. The summed E-state index contributed by atoms with van der Waals surface area (Å²) in [5.74, 6) is 1.42. The molecule has 0 radical (unpaired) electrons. The number of para-hydroxylation sites is 2. The lowest BCUT2D eigenvalue weighted by atomic mass is 10.1. The molecule has 1 N–H and O–H groups in total. The van der Waals surface area contributed by atoms with Crippen molar-refractivity contribution in [2.75, 3.05) is 22.6 Å². The maximum absolute atomic E-state index is 9.11. The molecule has 0 saturated carbocycles. The van der Waals surface area contributed by atoms with Gasteiger partial charge in [0.05, 0.1) is 6.61 Å². The van der Waals surface area contributed by atoms with Crippen LogP contribution in [-0.4, -0.2) is 27.7 Å². The smallest absolute Gasteiger partial charge is 0.122 e. The number of alkyl halides is 3. The molecule has 0 heterocycles. The monoisotopic (exact) mass is 536 g/mol. The van der Waals surface area contributed by atoms with Crippen LogP contribution in [0.3, 0.4) is 0 Å². The first kappa shape index (κ1) is 24.5. The molecule has 0 aliphatic rings. The molecule has 0 atom stereocenters. The van der Waals surface area contributed by atoms with Gasteiger partial charge in [-0.15, -0.1) is 0 Å². The van der Waals surface area contributed by atoms with Crippen LogP contribution in [-0.2, 0) is 12.8 Å². The molecule has 0 aliphatic heterocycles. The lowest BCUT2D eigenvalue weighted by Crippen LogP contribution is -1.99. The summed E-state index contributed by atoms with van der Waals surface area (Å²) < 4.78 is 5.53. The summed E-state index contributed by atoms with van der Waals surface area (Å²) >= 11 is 9.73. The fraction of sp³-hybridized carbons (Fsp3) is 0.400. The zero-order valence-electron chi connectivity index (χ0n) is 14.9. The molecule has 0 fully saturated rings. The molecular weight excluding hydrogens is 512 g/mol. The molecule has 0 aliphatic carbocycles. The predicted molar refractivity (Wildman–Crippen MR) is 120 cm³/mol. The molecule has 0 aromatic heterocycles. The third kappa shape index (κ3) is 11.7. The number of halogens is 3. The second-order valence-electron chi connectivity index (χ2n) is 4.86. The standard InChI is InChI=1S/C10H13BrO.C8H10O.C2H4Br2/c1-2-9-5-3-4-6-10(9)12-8-7-11;1-2-7-5-3-4-6-8(7)9;3-1-2-4/h3-6H,2,7-8H2,1H3;3-6,9H,2H2,1H3;1-2H2. The van der Waals surface area contributed by atoms with Crippen molar-refractivity contribution in [3.63, 3.8) is 0 Å². The number of hydrogen-bond acceptors (Lipinski definition) is 2. The number of phenols is 1. The molecule has 0 spiro atoms. The van der Waals surface area contributed by atoms with Crippen molar-refractivity contribution in [1.29, 1.82) is 0 Å². The molecule has 2 aromatic carbocycles. The van der Waals surface area contributed by atoms with Crippen LogP contribution >= 0.6 is 47.8 Å². The molecule has 5 heteroatoms. The quantitative estimate of drug-likeness (QED) is 0.412. The Hall–Kier alpha value is -0.520. The molecule has 0 unspecified atom stereocenters. The van der Waals surface area contributed by atoms with Gasteiger partial charge in [0.1, 0.15) is 11.5 Å². The van der Waals surface area contributed by atoms with E-state index in [1.54, 1.807) is 6.07 Å². The first-order chi connectivity index (χ1) is 12.1. The van der Waals surface area contributed by atoms with Crippen molar-refractivity contribution in [2.24, 2.45) is 0 Å². The Balaban J connectivity index is 0.000000391. The van der Waals surface area contributed by atoms with E-state index in [9.17, 15) is 0 Å². The van der Waals surface area contributed by atoms with Gasteiger partial charge in [0.15, 0.2) is 0 Å². The second kappa shape index (κ2) is 16.9. The van der Waals surface area contributed by atoms with Gasteiger partial charge in [0.2, 0.25) is 0 Å². The van der Waals surface area contributed by atoms with Gasteiger partial charge >= 0.3 is 0 Å². The SMILES string of the molecule is BrCCBr.CCc1ccccc1O.CCc1ccccc1OCCBr. The molecule has 25 heavy (non-hydrogen) atoms. The van der Waals surface area contributed by atoms with Crippen LogP contribution in [0.5, 0.6) is 11.5 Å². The van der Waals surface area contributed by atoms with Crippen molar-refractivity contribution in [3.8, 4) is 11.5 Å². The third-order valence-electron chi connectivity index (χ3n) is 3.13. The van der Waals surface area contributed by atoms with Crippen LogP contribution in [0.4, 0.5) is 0 Å². The zero-order valence-corrected chi connectivity index (χ0v) is 19.6. The normalized spacial score (nSPS) is 9.32. The summed E-state index contributed by atoms with van der Waals surface area (Å²) in [7, 11) is 0. The van der Waals surface area contributed by atoms with E-state index in [1.807, 2.05) is 43.3 Å². The minimum absolute atomic E-state index is 0.403. The fourth-order valence-corrected chi connectivity index (χ4v) is 2.06. The van der Waals surface area contributed by atoms with Crippen LogP contribution in [0.15, 0.2) is 48.5 Å². The van der Waals surface area contributed by atoms with E-state index in [0.29, 0.717) is 5.75 Å². The summed E-state index contributed by atoms with van der Waals surface area (Å²) in [6.07, 6.45) is 1.92. The second-order valence-corrected chi connectivity index (χ2v) is 7.24. The van der Waals surface area contributed by atoms with Crippen molar-refractivity contribution in [2.45, 2.75) is 26.7 Å². The van der Waals surface area contributed by atoms with Gasteiger partial charge in [0.25, 0.3) is 0 Å². The molecule has 0 bridgehead atoms. The molecule has 2 aromatic rings. The van der Waals surface area contributed by atoms with Crippen LogP contribution in [0.2, 0.25) is 0 Å². The summed E-state index contributed by atoms with van der Waals surface area (Å²) in [6, 6.07) is 15.6. The molecule has 140 valence electrons. The molecule has 2 nitrogen and oxygen atoms in total. The van der Waals surface area contributed by atoms with Gasteiger partial charge in [-0.25, -0.2) is 0 Å². The predicted octanol–water partition coefficient (Wildman–Crippen LogP) is 6.75. The van der Waals surface area contributed by atoms with E-state index in [0.717, 1.165) is 46.8 Å². The van der Waals surface area contributed by atoms with Crippen LogP contribution < -0.4 is 4.74 Å². The average molecular weight is 539 g/mol. The van der Waals surface area contributed by atoms with Gasteiger partial charge in [-0.05, 0) is 36.1 Å². The maximum Gasteiger partial charge on any atom is 0.122 e. The largest absolute Gasteiger partial charge is 0.508 e. The van der Waals surface area contributed by atoms with Crippen molar-refractivity contribution in [3.05, 3.63) is 59.7 Å². The Labute approximate surface area is 177 Å². The Kier molecular flexibility index (Phi) is 16.6. The van der Waals surface area contributed by atoms with E-state index >= 15 is 0 Å². The molecular formula is C20H27Br3O2. The van der Waals surface area contributed by atoms with E-state index in [4.69, 9.17) is 9.84 Å². The number of aromatic hydroxyl groups is 1. The Morgan fingerprint density at radius 1 is 0.760 bits per heavy atom. The van der Waals surface area contributed by atoms with E-state index in [2.05, 4.69) is 60.8 Å². The third-order valence-corrected chi connectivity index (χ3v) is 5.31. The summed E-state index contributed by atoms with van der Waals surface area (Å²) in [5, 5.41) is 12.1. The molecule has 2 rings (SSSR count). The van der Waals surface area contributed by atoms with Gasteiger partial charge in [0, 0.05) is 16.0 Å². The van der Waals surface area contributed by atoms with E-state index in [-0.39, 0.29) is 0 Å². The highest BCUT2D eigenvalue weighted by Crippen LogP contribution is 2.18. The van der Waals surface area contributed by atoms with Crippen molar-refractivity contribution < 1.29 is 9.84 Å². The topological polar surface area (TPSA) is 29.5 Å². The van der Waals surface area contributed by atoms with E-state index in [1.165, 1.54) is 5.56 Å². The first-order valence-corrected chi connectivity index (χ1v) is 11.7. The molecule has 0 amide bonds. The van der Waals surface area contributed by atoms with E-state index < -0.39 is 0 Å². The Morgan fingerprint density at radius 2 is 1.28 bits per heavy atom. The summed E-state index contributed by atoms with van der Waals surface area (Å²) in [4.78, 5) is 0. The van der Waals surface area contributed by atoms with Crippen molar-refractivity contribution in [1.82, 2.24) is 0 Å². The highest BCUT2D eigenvalue weighted by molar-refractivity contribution is 9.12. The van der Waals surface area contributed by atoms with Crippen LogP contribution in [0, 0.1) is 0 Å². The Morgan fingerprint density at radius 3 is 1.72 bits per heavy atom. The number of benzene rings is 2. The van der Waals surface area contributed by atoms with Crippen molar-refractivity contribution >= 4 is 47.8 Å². The number of aryl methyl sites for hydroxylation is 2. The fourth-order valence-electron chi connectivity index (χ4n) is 1.90. The highest BCUT2D eigenvalue weighted by Gasteiger charge is 1.98. The van der Waals surface area contributed by atoms with Gasteiger partial charge in [-0.2, -0.15) is 0 Å². The van der Waals surface area contributed by atoms with Gasteiger partial charge in [-0.3, -0.25) is 0 Å². The zero-order chi connectivity index (χ0) is 18.9. The number of rotatable bonds is 6. The lowest BCUT2D eigenvalue weighted by Gasteiger charge is -2.07. The average Bonchev–Trinajstić information content (AvgIpc) is 2.67. The minimum Gasteiger partial charge on any atom is -0.508 e. The van der Waals surface area contributed by atoms with Crippen LogP contribution in [0.25, 0.3) is 0 Å². The van der Waals surface area contributed by atoms with Gasteiger partial charge < -0.3 is 9.84 Å². The number of hydrogen-bond donors (Lipinski definition) is 1. The summed E-state index contributed by atoms with van der Waals surface area (Å²) in [6.45, 7) is 4.89. The Bertz CT molecular complexity index is 560. The molecule has 0 saturated heterocycles. The highest BCUT2D eigenvalue weighted by atomic mass is 79.9.